The monoisotopic (exact) mass is 258 g/mol. The summed E-state index contributed by atoms with van der Waals surface area (Å²) in [6.45, 7) is 0.887. The Morgan fingerprint density at radius 2 is 2.00 bits per heavy atom. The Morgan fingerprint density at radius 1 is 1.18 bits per heavy atom. The van der Waals surface area contributed by atoms with Crippen LogP contribution in [0, 0.1) is 5.92 Å². The molecule has 1 saturated heterocycles. The number of carboxylic acid groups (broad SMARTS) is 1. The highest BCUT2D eigenvalue weighted by molar-refractivity contribution is 8.00. The third-order valence-electron chi connectivity index (χ3n) is 3.79. The van der Waals surface area contributed by atoms with Crippen LogP contribution in [0.3, 0.4) is 0 Å². The van der Waals surface area contributed by atoms with E-state index in [1.807, 2.05) is 11.8 Å². The number of hydrogen-bond donors (Lipinski definition) is 1. The van der Waals surface area contributed by atoms with Crippen molar-refractivity contribution < 1.29 is 14.6 Å². The van der Waals surface area contributed by atoms with E-state index in [9.17, 15) is 9.90 Å². The lowest BCUT2D eigenvalue weighted by molar-refractivity contribution is -0.141. The highest BCUT2D eigenvalue weighted by Crippen LogP contribution is 2.34. The van der Waals surface area contributed by atoms with E-state index in [0.717, 1.165) is 44.5 Å². The first kappa shape index (κ1) is 13.2. The maximum Gasteiger partial charge on any atom is 0.307 e. The second kappa shape index (κ2) is 6.64. The van der Waals surface area contributed by atoms with E-state index in [2.05, 4.69) is 0 Å². The number of carboxylic acids is 1. The van der Waals surface area contributed by atoms with Crippen LogP contribution < -0.4 is 0 Å². The lowest BCUT2D eigenvalue weighted by atomic mass is 10.0. The van der Waals surface area contributed by atoms with E-state index < -0.39 is 5.97 Å². The molecule has 3 atom stereocenters. The van der Waals surface area contributed by atoms with E-state index in [1.165, 1.54) is 12.8 Å². The fourth-order valence-electron chi connectivity index (χ4n) is 2.76. The number of hydrogen-bond acceptors (Lipinski definition) is 3. The van der Waals surface area contributed by atoms with Crippen LogP contribution in [0.1, 0.15) is 44.9 Å². The molecule has 0 bridgehead atoms. The molecule has 0 aromatic rings. The van der Waals surface area contributed by atoms with Gasteiger partial charge in [0.2, 0.25) is 0 Å². The van der Waals surface area contributed by atoms with Crippen molar-refractivity contribution in [2.75, 3.05) is 12.4 Å². The van der Waals surface area contributed by atoms with Gasteiger partial charge in [0.15, 0.2) is 0 Å². The fraction of sp³-hybridized carbons (Fsp3) is 0.923. The Balaban J connectivity index is 1.83. The molecule has 0 aromatic carbocycles. The fourth-order valence-corrected chi connectivity index (χ4v) is 4.31. The van der Waals surface area contributed by atoms with Gasteiger partial charge in [-0.15, -0.1) is 0 Å². The predicted octanol–water partition coefficient (Wildman–Crippen LogP) is 2.93. The molecule has 1 saturated carbocycles. The van der Waals surface area contributed by atoms with Gasteiger partial charge in [0.05, 0.1) is 12.0 Å². The van der Waals surface area contributed by atoms with E-state index >= 15 is 0 Å². The minimum absolute atomic E-state index is 0.135. The quantitative estimate of drug-likeness (QED) is 0.788. The average molecular weight is 258 g/mol. The molecule has 2 aliphatic rings. The molecule has 0 radical (unpaired) electrons. The molecule has 1 aliphatic carbocycles. The van der Waals surface area contributed by atoms with E-state index in [0.29, 0.717) is 11.4 Å². The van der Waals surface area contributed by atoms with Crippen LogP contribution in [0.2, 0.25) is 0 Å². The zero-order valence-corrected chi connectivity index (χ0v) is 11.1. The predicted molar refractivity (Wildman–Crippen MR) is 69.4 cm³/mol. The average Bonchev–Trinajstić information content (AvgIpc) is 2.70. The van der Waals surface area contributed by atoms with Crippen molar-refractivity contribution in [3.8, 4) is 0 Å². The van der Waals surface area contributed by atoms with E-state index in [4.69, 9.17) is 4.74 Å². The molecule has 1 aliphatic heterocycles. The van der Waals surface area contributed by atoms with Crippen molar-refractivity contribution in [2.24, 2.45) is 5.92 Å². The van der Waals surface area contributed by atoms with Gasteiger partial charge >= 0.3 is 5.97 Å². The number of aliphatic carboxylic acids is 1. The standard InChI is InChI=1S/C13H22O3S/c14-13(15)11-6-2-1-3-7-12(11)17-9-10-5-4-8-16-10/h10-12H,1-9H2,(H,14,15). The van der Waals surface area contributed by atoms with Crippen LogP contribution in [-0.4, -0.2) is 34.8 Å². The highest BCUT2D eigenvalue weighted by atomic mass is 32.2. The molecule has 3 unspecified atom stereocenters. The number of carbonyl (C=O) groups is 1. The Labute approximate surface area is 107 Å². The van der Waals surface area contributed by atoms with Gasteiger partial charge in [0, 0.05) is 17.6 Å². The molecule has 4 heteroatoms. The molecule has 98 valence electrons. The lowest BCUT2D eigenvalue weighted by Crippen LogP contribution is -2.26. The van der Waals surface area contributed by atoms with Crippen LogP contribution in [0.25, 0.3) is 0 Å². The summed E-state index contributed by atoms with van der Waals surface area (Å²) in [5, 5.41) is 9.59. The van der Waals surface area contributed by atoms with E-state index in [-0.39, 0.29) is 5.92 Å². The van der Waals surface area contributed by atoms with Gasteiger partial charge in [-0.25, -0.2) is 0 Å². The number of thioether (sulfide) groups is 1. The summed E-state index contributed by atoms with van der Waals surface area (Å²) in [4.78, 5) is 11.3. The van der Waals surface area contributed by atoms with Gasteiger partial charge in [0.25, 0.3) is 0 Å². The van der Waals surface area contributed by atoms with Crippen LogP contribution in [0.5, 0.6) is 0 Å². The zero-order valence-electron chi connectivity index (χ0n) is 10.3. The molecule has 3 nitrogen and oxygen atoms in total. The first-order chi connectivity index (χ1) is 8.27. The summed E-state index contributed by atoms with van der Waals surface area (Å²) in [6, 6.07) is 0. The Kier molecular flexibility index (Phi) is 5.16. The molecule has 0 spiro atoms. The van der Waals surface area contributed by atoms with Gasteiger partial charge in [0.1, 0.15) is 0 Å². The van der Waals surface area contributed by atoms with Gasteiger partial charge in [-0.2, -0.15) is 11.8 Å². The second-order valence-electron chi connectivity index (χ2n) is 5.09. The summed E-state index contributed by atoms with van der Waals surface area (Å²) in [5.74, 6) is 0.245. The molecule has 2 fully saturated rings. The van der Waals surface area contributed by atoms with Crippen molar-refractivity contribution >= 4 is 17.7 Å². The third kappa shape index (κ3) is 3.88. The van der Waals surface area contributed by atoms with Crippen LogP contribution in [-0.2, 0) is 9.53 Å². The molecule has 2 rings (SSSR count). The molecule has 0 aromatic heterocycles. The van der Waals surface area contributed by atoms with Gasteiger partial charge in [-0.3, -0.25) is 4.79 Å². The minimum atomic E-state index is -0.600. The van der Waals surface area contributed by atoms with E-state index in [1.54, 1.807) is 0 Å². The molecular weight excluding hydrogens is 236 g/mol. The maximum atomic E-state index is 11.3. The number of rotatable bonds is 4. The highest BCUT2D eigenvalue weighted by Gasteiger charge is 2.30. The SMILES string of the molecule is O=C(O)C1CCCCCC1SCC1CCCO1. The van der Waals surface area contributed by atoms with Crippen LogP contribution >= 0.6 is 11.8 Å². The minimum Gasteiger partial charge on any atom is -0.481 e. The zero-order chi connectivity index (χ0) is 12.1. The van der Waals surface area contributed by atoms with Crippen LogP contribution in [0.4, 0.5) is 0 Å². The topological polar surface area (TPSA) is 46.5 Å². The first-order valence-electron chi connectivity index (χ1n) is 6.73. The molecule has 17 heavy (non-hydrogen) atoms. The van der Waals surface area contributed by atoms with Gasteiger partial charge in [-0.05, 0) is 25.7 Å². The summed E-state index contributed by atoms with van der Waals surface area (Å²) in [7, 11) is 0. The van der Waals surface area contributed by atoms with Crippen molar-refractivity contribution in [1.29, 1.82) is 0 Å². The smallest absolute Gasteiger partial charge is 0.307 e. The van der Waals surface area contributed by atoms with Gasteiger partial charge < -0.3 is 9.84 Å². The second-order valence-corrected chi connectivity index (χ2v) is 6.36. The van der Waals surface area contributed by atoms with Crippen molar-refractivity contribution in [3.05, 3.63) is 0 Å². The largest absolute Gasteiger partial charge is 0.481 e. The normalized spacial score (nSPS) is 34.5. The van der Waals surface area contributed by atoms with Gasteiger partial charge in [-0.1, -0.05) is 19.3 Å². The first-order valence-corrected chi connectivity index (χ1v) is 7.78. The molecule has 0 amide bonds. The number of ether oxygens (including phenoxy) is 1. The van der Waals surface area contributed by atoms with Crippen molar-refractivity contribution in [3.63, 3.8) is 0 Å². The van der Waals surface area contributed by atoms with Crippen molar-refractivity contribution in [1.82, 2.24) is 0 Å². The summed E-state index contributed by atoms with van der Waals surface area (Å²) in [6.07, 6.45) is 8.07. The Bertz CT molecular complexity index is 251. The van der Waals surface area contributed by atoms with Crippen LogP contribution in [0.15, 0.2) is 0 Å². The molecule has 1 N–H and O–H groups in total. The lowest BCUT2D eigenvalue weighted by Gasteiger charge is -2.22. The Hall–Kier alpha value is -0.220. The maximum absolute atomic E-state index is 11.3. The Morgan fingerprint density at radius 3 is 2.71 bits per heavy atom. The summed E-state index contributed by atoms with van der Waals surface area (Å²) < 4.78 is 5.60. The molecule has 1 heterocycles. The summed E-state index contributed by atoms with van der Waals surface area (Å²) in [5.41, 5.74) is 0. The molecular formula is C13H22O3S. The summed E-state index contributed by atoms with van der Waals surface area (Å²) >= 11 is 1.84. The van der Waals surface area contributed by atoms with Crippen molar-refractivity contribution in [2.45, 2.75) is 56.3 Å². The third-order valence-corrected chi connectivity index (χ3v) is 5.35.